The first kappa shape index (κ1) is 14.5. The molecule has 2 rings (SSSR count). The molecule has 0 radical (unpaired) electrons. The van der Waals surface area contributed by atoms with Crippen LogP contribution in [-0.2, 0) is 28.4 Å². The molecule has 1 atom stereocenters. The molecule has 19 heavy (non-hydrogen) atoms. The van der Waals surface area contributed by atoms with Crippen LogP contribution >= 0.6 is 0 Å². The first-order chi connectivity index (χ1) is 8.97. The van der Waals surface area contributed by atoms with Gasteiger partial charge in [-0.3, -0.25) is 4.68 Å². The lowest BCUT2D eigenvalue weighted by atomic mass is 9.97. The summed E-state index contributed by atoms with van der Waals surface area (Å²) in [7, 11) is -1.33. The van der Waals surface area contributed by atoms with Gasteiger partial charge in [0, 0.05) is 37.9 Å². The molecule has 0 amide bonds. The second kappa shape index (κ2) is 5.60. The van der Waals surface area contributed by atoms with Gasteiger partial charge in [0.15, 0.2) is 0 Å². The molecule has 0 spiro atoms. The van der Waals surface area contributed by atoms with Crippen molar-refractivity contribution in [2.24, 2.45) is 7.05 Å². The van der Waals surface area contributed by atoms with Crippen LogP contribution < -0.4 is 0 Å². The predicted molar refractivity (Wildman–Crippen MR) is 72.3 cm³/mol. The number of hydrogen-bond acceptors (Lipinski definition) is 4. The van der Waals surface area contributed by atoms with Crippen LogP contribution in [-0.4, -0.2) is 48.0 Å². The molecule has 1 aromatic rings. The van der Waals surface area contributed by atoms with E-state index in [1.807, 2.05) is 20.2 Å². The Balaban J connectivity index is 2.28. The van der Waals surface area contributed by atoms with Crippen molar-refractivity contribution in [1.82, 2.24) is 14.1 Å². The van der Waals surface area contributed by atoms with Crippen LogP contribution in [0.15, 0.2) is 6.20 Å². The number of rotatable bonds is 5. The average Bonchev–Trinajstić information content (AvgIpc) is 2.76. The van der Waals surface area contributed by atoms with Crippen LogP contribution in [0.4, 0.5) is 0 Å². The van der Waals surface area contributed by atoms with Crippen molar-refractivity contribution in [3.63, 3.8) is 0 Å². The zero-order valence-electron chi connectivity index (χ0n) is 11.7. The zero-order valence-corrected chi connectivity index (χ0v) is 12.5. The summed E-state index contributed by atoms with van der Waals surface area (Å²) >= 11 is 0. The smallest absolute Gasteiger partial charge is 0.214 e. The van der Waals surface area contributed by atoms with Crippen LogP contribution in [0.3, 0.4) is 0 Å². The zero-order chi connectivity index (χ0) is 14.0. The van der Waals surface area contributed by atoms with Crippen molar-refractivity contribution >= 4 is 10.0 Å². The van der Waals surface area contributed by atoms with Crippen molar-refractivity contribution in [3.05, 3.63) is 17.5 Å². The van der Waals surface area contributed by atoms with Crippen LogP contribution in [0.25, 0.3) is 0 Å². The van der Waals surface area contributed by atoms with Gasteiger partial charge in [0.05, 0.1) is 24.6 Å². The largest absolute Gasteiger partial charge is 0.381 e. The highest BCUT2D eigenvalue weighted by molar-refractivity contribution is 7.89. The Hall–Kier alpha value is -0.920. The standard InChI is InChI=1S/C12H21N3O3S/c1-4-18-9-10-6-15(19(16,17)5-2)8-12-11(10)7-14(3)13-12/h7,10H,4-6,8-9H2,1-3H3/t10-/m0/s1. The lowest BCUT2D eigenvalue weighted by molar-refractivity contribution is 0.121. The highest BCUT2D eigenvalue weighted by Gasteiger charge is 2.33. The third-order valence-corrected chi connectivity index (χ3v) is 5.20. The third kappa shape index (κ3) is 2.98. The fraction of sp³-hybridized carbons (Fsp3) is 0.750. The minimum atomic E-state index is -3.18. The summed E-state index contributed by atoms with van der Waals surface area (Å²) in [6.45, 7) is 5.62. The molecule has 0 fully saturated rings. The van der Waals surface area contributed by atoms with Crippen molar-refractivity contribution in [2.75, 3.05) is 25.5 Å². The van der Waals surface area contributed by atoms with E-state index in [1.165, 1.54) is 4.31 Å². The molecule has 1 aliphatic rings. The summed E-state index contributed by atoms with van der Waals surface area (Å²) in [5.74, 6) is 0.190. The Kier molecular flexibility index (Phi) is 4.27. The van der Waals surface area contributed by atoms with Gasteiger partial charge in [-0.15, -0.1) is 0 Å². The van der Waals surface area contributed by atoms with E-state index in [1.54, 1.807) is 11.6 Å². The normalized spacial score (nSPS) is 20.5. The first-order valence-corrected chi connectivity index (χ1v) is 8.16. The van der Waals surface area contributed by atoms with Crippen molar-refractivity contribution in [3.8, 4) is 0 Å². The van der Waals surface area contributed by atoms with E-state index >= 15 is 0 Å². The molecule has 0 aromatic carbocycles. The molecule has 0 aliphatic carbocycles. The Morgan fingerprint density at radius 1 is 1.47 bits per heavy atom. The van der Waals surface area contributed by atoms with Crippen LogP contribution in [0.5, 0.6) is 0 Å². The van der Waals surface area contributed by atoms with E-state index in [0.717, 1.165) is 11.3 Å². The lowest BCUT2D eigenvalue weighted by Gasteiger charge is -2.30. The maximum atomic E-state index is 12.0. The van der Waals surface area contributed by atoms with Crippen molar-refractivity contribution in [2.45, 2.75) is 26.3 Å². The molecule has 1 aromatic heterocycles. The summed E-state index contributed by atoms with van der Waals surface area (Å²) in [6.07, 6.45) is 1.97. The van der Waals surface area contributed by atoms with E-state index < -0.39 is 10.0 Å². The fourth-order valence-electron chi connectivity index (χ4n) is 2.39. The van der Waals surface area contributed by atoms with Gasteiger partial charge >= 0.3 is 0 Å². The molecule has 0 unspecified atom stereocenters. The maximum absolute atomic E-state index is 12.0. The number of ether oxygens (including phenoxy) is 1. The van der Waals surface area contributed by atoms with E-state index in [0.29, 0.717) is 26.3 Å². The van der Waals surface area contributed by atoms with E-state index in [4.69, 9.17) is 4.74 Å². The van der Waals surface area contributed by atoms with Crippen LogP contribution in [0.2, 0.25) is 0 Å². The molecule has 0 saturated carbocycles. The van der Waals surface area contributed by atoms with E-state index in [2.05, 4.69) is 5.10 Å². The number of fused-ring (bicyclic) bond motifs is 1. The minimum absolute atomic E-state index is 0.0683. The highest BCUT2D eigenvalue weighted by atomic mass is 32.2. The summed E-state index contributed by atoms with van der Waals surface area (Å²) in [5.41, 5.74) is 1.95. The number of aryl methyl sites for hydroxylation is 1. The fourth-order valence-corrected chi connectivity index (χ4v) is 3.48. The molecule has 0 N–H and O–H groups in total. The maximum Gasteiger partial charge on any atom is 0.214 e. The van der Waals surface area contributed by atoms with Gasteiger partial charge in [-0.2, -0.15) is 9.40 Å². The van der Waals surface area contributed by atoms with Gasteiger partial charge in [0.2, 0.25) is 10.0 Å². The lowest BCUT2D eigenvalue weighted by Crippen LogP contribution is -2.40. The SMILES string of the molecule is CCOC[C@@H]1CN(S(=O)(=O)CC)Cc2nn(C)cc21. The number of nitrogens with zero attached hydrogens (tertiary/aromatic N) is 3. The topological polar surface area (TPSA) is 64.4 Å². The first-order valence-electron chi connectivity index (χ1n) is 6.56. The summed E-state index contributed by atoms with van der Waals surface area (Å²) in [4.78, 5) is 0. The molecule has 0 saturated heterocycles. The van der Waals surface area contributed by atoms with Crippen LogP contribution in [0.1, 0.15) is 31.0 Å². The average molecular weight is 287 g/mol. The minimum Gasteiger partial charge on any atom is -0.381 e. The van der Waals surface area contributed by atoms with Gasteiger partial charge in [-0.25, -0.2) is 8.42 Å². The molecule has 1 aliphatic heterocycles. The van der Waals surface area contributed by atoms with Crippen LogP contribution in [0, 0.1) is 0 Å². The number of aromatic nitrogens is 2. The van der Waals surface area contributed by atoms with E-state index in [-0.39, 0.29) is 11.7 Å². The molecule has 2 heterocycles. The Morgan fingerprint density at radius 2 is 2.21 bits per heavy atom. The Labute approximate surface area is 114 Å². The Bertz CT molecular complexity index is 538. The summed E-state index contributed by atoms with van der Waals surface area (Å²) < 4.78 is 32.8. The number of hydrogen-bond donors (Lipinski definition) is 0. The molecular weight excluding hydrogens is 266 g/mol. The molecule has 7 heteroatoms. The third-order valence-electron chi connectivity index (χ3n) is 3.41. The monoisotopic (exact) mass is 287 g/mol. The molecular formula is C12H21N3O3S. The van der Waals surface area contributed by atoms with Crippen molar-refractivity contribution in [1.29, 1.82) is 0 Å². The predicted octanol–water partition coefficient (Wildman–Crippen LogP) is 0.706. The second-order valence-corrected chi connectivity index (χ2v) is 7.01. The highest BCUT2D eigenvalue weighted by Crippen LogP contribution is 2.29. The second-order valence-electron chi connectivity index (χ2n) is 4.75. The summed E-state index contributed by atoms with van der Waals surface area (Å²) in [6, 6.07) is 0. The van der Waals surface area contributed by atoms with Gasteiger partial charge < -0.3 is 4.74 Å². The van der Waals surface area contributed by atoms with Gasteiger partial charge in [0.1, 0.15) is 0 Å². The molecule has 108 valence electrons. The van der Waals surface area contributed by atoms with E-state index in [9.17, 15) is 8.42 Å². The van der Waals surface area contributed by atoms with Crippen molar-refractivity contribution < 1.29 is 13.2 Å². The molecule has 0 bridgehead atoms. The molecule has 6 nitrogen and oxygen atoms in total. The van der Waals surface area contributed by atoms with Gasteiger partial charge in [0.25, 0.3) is 0 Å². The van der Waals surface area contributed by atoms with Gasteiger partial charge in [-0.1, -0.05) is 0 Å². The quantitative estimate of drug-likeness (QED) is 0.800. The summed E-state index contributed by atoms with van der Waals surface area (Å²) in [5, 5.41) is 4.36. The van der Waals surface area contributed by atoms with Gasteiger partial charge in [-0.05, 0) is 13.8 Å². The Morgan fingerprint density at radius 3 is 2.84 bits per heavy atom. The number of sulfonamides is 1.